The molecular formula is C23H30ClN3O3S. The lowest BCUT2D eigenvalue weighted by Crippen LogP contribution is -2.52. The van der Waals surface area contributed by atoms with E-state index in [0.29, 0.717) is 33.6 Å². The van der Waals surface area contributed by atoms with Gasteiger partial charge in [-0.05, 0) is 35.6 Å². The summed E-state index contributed by atoms with van der Waals surface area (Å²) in [6.07, 6.45) is 2.13. The second-order valence-electron chi connectivity index (χ2n) is 7.63. The van der Waals surface area contributed by atoms with Gasteiger partial charge in [0.2, 0.25) is 0 Å². The molecule has 6 nitrogen and oxygen atoms in total. The number of nitrogens with one attached hydrogen (secondary N) is 2. The van der Waals surface area contributed by atoms with E-state index < -0.39 is 0 Å². The number of ether oxygens (including phenoxy) is 1. The van der Waals surface area contributed by atoms with E-state index in [1.165, 1.54) is 11.3 Å². The van der Waals surface area contributed by atoms with Crippen LogP contribution >= 0.6 is 22.9 Å². The molecule has 1 saturated heterocycles. The number of hydrogen-bond donors (Lipinski definition) is 2. The molecule has 0 spiro atoms. The standard InChI is InChI=1S/C23H30ClN3O3S/c1-3-16(4-2)20(27-9-11-30-12-10-27)15-25-22(28)17-7-8-18(24)19(14-17)26-23(29)21-6-5-13-31-21/h5-8,13-14,16,20H,3-4,9-12,15H2,1-2H3,(H,25,28)(H,26,29). The molecule has 0 saturated carbocycles. The number of rotatable bonds is 9. The van der Waals surface area contributed by atoms with Crippen molar-refractivity contribution in [3.63, 3.8) is 0 Å². The highest BCUT2D eigenvalue weighted by atomic mass is 35.5. The quantitative estimate of drug-likeness (QED) is 0.573. The third-order valence-corrected chi connectivity index (χ3v) is 7.00. The molecule has 2 aromatic rings. The molecule has 168 valence electrons. The number of benzene rings is 1. The van der Waals surface area contributed by atoms with E-state index in [1.54, 1.807) is 24.3 Å². The van der Waals surface area contributed by atoms with Gasteiger partial charge in [-0.25, -0.2) is 0 Å². The third kappa shape index (κ3) is 6.29. The van der Waals surface area contributed by atoms with Crippen LogP contribution in [0.1, 0.15) is 46.7 Å². The summed E-state index contributed by atoms with van der Waals surface area (Å²) in [4.78, 5) is 28.3. The Hall–Kier alpha value is -1.93. The molecule has 1 fully saturated rings. The topological polar surface area (TPSA) is 70.7 Å². The van der Waals surface area contributed by atoms with Gasteiger partial charge in [-0.3, -0.25) is 14.5 Å². The normalized spacial score (nSPS) is 15.6. The number of carbonyl (C=O) groups is 2. The Bertz CT molecular complexity index is 865. The van der Waals surface area contributed by atoms with Gasteiger partial charge in [0.25, 0.3) is 11.8 Å². The Morgan fingerprint density at radius 2 is 1.90 bits per heavy atom. The zero-order chi connectivity index (χ0) is 22.2. The van der Waals surface area contributed by atoms with Gasteiger partial charge in [-0.15, -0.1) is 11.3 Å². The number of morpholine rings is 1. The Kier molecular flexibility index (Phi) is 8.90. The molecule has 1 aromatic heterocycles. The summed E-state index contributed by atoms with van der Waals surface area (Å²) >= 11 is 7.60. The zero-order valence-corrected chi connectivity index (χ0v) is 19.6. The largest absolute Gasteiger partial charge is 0.379 e. The van der Waals surface area contributed by atoms with Crippen molar-refractivity contribution in [2.75, 3.05) is 38.2 Å². The number of nitrogens with zero attached hydrogens (tertiary/aromatic N) is 1. The first-order chi connectivity index (χ1) is 15.0. The molecule has 2 N–H and O–H groups in total. The van der Waals surface area contributed by atoms with Crippen molar-refractivity contribution in [1.29, 1.82) is 0 Å². The van der Waals surface area contributed by atoms with Gasteiger partial charge in [0.1, 0.15) is 0 Å². The maximum atomic E-state index is 12.9. The first-order valence-electron chi connectivity index (χ1n) is 10.8. The fourth-order valence-electron chi connectivity index (χ4n) is 3.99. The Balaban J connectivity index is 1.67. The first-order valence-corrected chi connectivity index (χ1v) is 12.0. The molecule has 8 heteroatoms. The van der Waals surface area contributed by atoms with E-state index in [2.05, 4.69) is 29.4 Å². The van der Waals surface area contributed by atoms with Crippen molar-refractivity contribution < 1.29 is 14.3 Å². The summed E-state index contributed by atoms with van der Waals surface area (Å²) < 4.78 is 5.50. The van der Waals surface area contributed by atoms with Crippen LogP contribution < -0.4 is 10.6 Å². The third-order valence-electron chi connectivity index (χ3n) is 5.80. The van der Waals surface area contributed by atoms with Crippen LogP contribution in [0.2, 0.25) is 5.02 Å². The molecule has 1 aliphatic rings. The number of carbonyl (C=O) groups excluding carboxylic acids is 2. The number of thiophene rings is 1. The van der Waals surface area contributed by atoms with Crippen LogP contribution in [0.5, 0.6) is 0 Å². The Labute approximate surface area is 192 Å². The maximum absolute atomic E-state index is 12.9. The van der Waals surface area contributed by atoms with Crippen molar-refractivity contribution in [3.8, 4) is 0 Å². The van der Waals surface area contributed by atoms with Crippen LogP contribution in [0.25, 0.3) is 0 Å². The smallest absolute Gasteiger partial charge is 0.265 e. The number of anilines is 1. The van der Waals surface area contributed by atoms with Gasteiger partial charge >= 0.3 is 0 Å². The molecule has 1 aliphatic heterocycles. The minimum absolute atomic E-state index is 0.174. The molecule has 31 heavy (non-hydrogen) atoms. The van der Waals surface area contributed by atoms with Crippen molar-refractivity contribution >= 4 is 40.4 Å². The number of halogens is 1. The summed E-state index contributed by atoms with van der Waals surface area (Å²) in [5, 5.41) is 8.13. The summed E-state index contributed by atoms with van der Waals surface area (Å²) in [5.74, 6) is 0.0901. The lowest BCUT2D eigenvalue weighted by molar-refractivity contribution is 0.00191. The number of hydrogen-bond acceptors (Lipinski definition) is 5. The lowest BCUT2D eigenvalue weighted by Gasteiger charge is -2.38. The summed E-state index contributed by atoms with van der Waals surface area (Å²) in [7, 11) is 0. The second-order valence-corrected chi connectivity index (χ2v) is 8.98. The molecule has 0 radical (unpaired) electrons. The van der Waals surface area contributed by atoms with Gasteiger partial charge in [-0.1, -0.05) is 44.4 Å². The van der Waals surface area contributed by atoms with E-state index in [9.17, 15) is 9.59 Å². The summed E-state index contributed by atoms with van der Waals surface area (Å²) in [6.45, 7) is 8.21. The van der Waals surface area contributed by atoms with Crippen LogP contribution in [0.4, 0.5) is 5.69 Å². The van der Waals surface area contributed by atoms with E-state index in [0.717, 1.165) is 39.1 Å². The lowest BCUT2D eigenvalue weighted by atomic mass is 9.92. The highest BCUT2D eigenvalue weighted by molar-refractivity contribution is 7.12. The highest BCUT2D eigenvalue weighted by Gasteiger charge is 2.27. The van der Waals surface area contributed by atoms with Gasteiger partial charge in [0, 0.05) is 31.2 Å². The fourth-order valence-corrected chi connectivity index (χ4v) is 4.77. The van der Waals surface area contributed by atoms with Crippen molar-refractivity contribution in [3.05, 3.63) is 51.2 Å². The molecule has 1 atom stereocenters. The summed E-state index contributed by atoms with van der Waals surface area (Å²) in [6, 6.07) is 8.78. The van der Waals surface area contributed by atoms with E-state index in [-0.39, 0.29) is 17.9 Å². The van der Waals surface area contributed by atoms with Crippen LogP contribution in [-0.2, 0) is 4.74 Å². The Morgan fingerprint density at radius 1 is 1.16 bits per heavy atom. The first kappa shape index (κ1) is 23.7. The molecule has 0 aliphatic carbocycles. The van der Waals surface area contributed by atoms with E-state index in [1.807, 2.05) is 11.4 Å². The van der Waals surface area contributed by atoms with Gasteiger partial charge < -0.3 is 15.4 Å². The van der Waals surface area contributed by atoms with Crippen LogP contribution in [-0.4, -0.2) is 55.6 Å². The molecule has 3 rings (SSSR count). The van der Waals surface area contributed by atoms with Gasteiger partial charge in [0.05, 0.1) is 28.8 Å². The van der Waals surface area contributed by atoms with Crippen molar-refractivity contribution in [2.45, 2.75) is 32.7 Å². The molecule has 2 amide bonds. The zero-order valence-electron chi connectivity index (χ0n) is 18.0. The van der Waals surface area contributed by atoms with E-state index in [4.69, 9.17) is 16.3 Å². The Morgan fingerprint density at radius 3 is 2.55 bits per heavy atom. The second kappa shape index (κ2) is 11.6. The minimum atomic E-state index is -0.240. The molecular weight excluding hydrogens is 434 g/mol. The van der Waals surface area contributed by atoms with Gasteiger partial charge in [-0.2, -0.15) is 0 Å². The number of amides is 2. The molecule has 2 heterocycles. The van der Waals surface area contributed by atoms with Crippen molar-refractivity contribution in [1.82, 2.24) is 10.2 Å². The fraction of sp³-hybridized carbons (Fsp3) is 0.478. The predicted molar refractivity (Wildman–Crippen MR) is 126 cm³/mol. The predicted octanol–water partition coefficient (Wildman–Crippen LogP) is 4.52. The van der Waals surface area contributed by atoms with Crippen LogP contribution in [0.3, 0.4) is 0 Å². The average Bonchev–Trinajstić information content (AvgIpc) is 3.33. The van der Waals surface area contributed by atoms with Crippen LogP contribution in [0.15, 0.2) is 35.7 Å². The highest BCUT2D eigenvalue weighted by Crippen LogP contribution is 2.25. The average molecular weight is 464 g/mol. The maximum Gasteiger partial charge on any atom is 0.265 e. The van der Waals surface area contributed by atoms with Gasteiger partial charge in [0.15, 0.2) is 0 Å². The molecule has 1 unspecified atom stereocenters. The SMILES string of the molecule is CCC(CC)C(CNC(=O)c1ccc(Cl)c(NC(=O)c2cccs2)c1)N1CCOCC1. The summed E-state index contributed by atoms with van der Waals surface area (Å²) in [5.41, 5.74) is 0.897. The monoisotopic (exact) mass is 463 g/mol. The van der Waals surface area contributed by atoms with Crippen LogP contribution in [0, 0.1) is 5.92 Å². The van der Waals surface area contributed by atoms with Crippen molar-refractivity contribution in [2.24, 2.45) is 5.92 Å². The molecule has 1 aromatic carbocycles. The molecule has 0 bridgehead atoms. The minimum Gasteiger partial charge on any atom is -0.379 e. The van der Waals surface area contributed by atoms with E-state index >= 15 is 0 Å².